The lowest BCUT2D eigenvalue weighted by Gasteiger charge is -2.07. The van der Waals surface area contributed by atoms with Gasteiger partial charge in [0.05, 0.1) is 10.7 Å². The number of nitrogens with one attached hydrogen (secondary N) is 1. The first-order chi connectivity index (χ1) is 10.4. The lowest BCUT2D eigenvalue weighted by Crippen LogP contribution is -2.23. The topological polar surface area (TPSA) is 63.3 Å². The Morgan fingerprint density at radius 1 is 1.26 bits per heavy atom. The van der Waals surface area contributed by atoms with Crippen LogP contribution in [0.4, 0.5) is 5.69 Å². The number of anilines is 1. The van der Waals surface area contributed by atoms with E-state index in [0.29, 0.717) is 18.4 Å². The van der Waals surface area contributed by atoms with Crippen LogP contribution in [0.5, 0.6) is 0 Å². The Balaban J connectivity index is 0.00000264. The van der Waals surface area contributed by atoms with Crippen molar-refractivity contribution in [2.45, 2.75) is 40.0 Å². The predicted octanol–water partition coefficient (Wildman–Crippen LogP) is 4.47. The predicted molar refractivity (Wildman–Crippen MR) is 111 cm³/mol. The molecule has 2 aromatic rings. The Morgan fingerprint density at radius 3 is 2.48 bits per heavy atom. The van der Waals surface area contributed by atoms with E-state index in [0.717, 1.165) is 17.8 Å². The summed E-state index contributed by atoms with van der Waals surface area (Å²) in [6, 6.07) is 6.25. The quantitative estimate of drug-likeness (QED) is 0.406. The smallest absolute Gasteiger partial charge is 0.193 e. The van der Waals surface area contributed by atoms with Crippen LogP contribution in [0, 0.1) is 13.8 Å². The van der Waals surface area contributed by atoms with E-state index in [1.165, 1.54) is 16.1 Å². The third kappa shape index (κ3) is 6.47. The minimum absolute atomic E-state index is 0. The van der Waals surface area contributed by atoms with E-state index >= 15 is 0 Å². The zero-order chi connectivity index (χ0) is 16.1. The second-order valence-corrected chi connectivity index (χ2v) is 6.74. The lowest BCUT2D eigenvalue weighted by atomic mass is 10.1. The van der Waals surface area contributed by atoms with Crippen LogP contribution in [0.25, 0.3) is 0 Å². The van der Waals surface area contributed by atoms with Gasteiger partial charge in [-0.25, -0.2) is 4.98 Å². The minimum atomic E-state index is 0. The maximum absolute atomic E-state index is 5.94. The molecule has 0 amide bonds. The molecule has 0 saturated heterocycles. The number of halogens is 1. The maximum atomic E-state index is 5.94. The van der Waals surface area contributed by atoms with Crippen LogP contribution in [0.1, 0.15) is 41.6 Å². The van der Waals surface area contributed by atoms with E-state index in [1.54, 1.807) is 11.3 Å². The fourth-order valence-electron chi connectivity index (χ4n) is 2.23. The lowest BCUT2D eigenvalue weighted by molar-refractivity contribution is 0.831. The molecule has 0 radical (unpaired) electrons. The van der Waals surface area contributed by atoms with Gasteiger partial charge < -0.3 is 11.1 Å². The standard InChI is InChI=1S/C17H24N4S.HI/c1-11(2)16-20-14(10-22-16)5-6-19-17(18)21-15-8-12(3)7-13(4)9-15;/h7-11H,5-6H2,1-4H3,(H3,18,19,21);1H. The van der Waals surface area contributed by atoms with Crippen molar-refractivity contribution in [2.75, 3.05) is 11.9 Å². The summed E-state index contributed by atoms with van der Waals surface area (Å²) in [6.07, 6.45) is 0.818. The number of benzene rings is 1. The molecular weight excluding hydrogens is 419 g/mol. The molecule has 23 heavy (non-hydrogen) atoms. The number of guanidine groups is 1. The minimum Gasteiger partial charge on any atom is -0.370 e. The first-order valence-electron chi connectivity index (χ1n) is 7.53. The Bertz CT molecular complexity index is 644. The molecule has 0 bridgehead atoms. The fraction of sp³-hybridized carbons (Fsp3) is 0.412. The number of rotatable bonds is 5. The van der Waals surface area contributed by atoms with Gasteiger partial charge in [0, 0.05) is 30.0 Å². The molecule has 4 nitrogen and oxygen atoms in total. The molecule has 0 aliphatic carbocycles. The van der Waals surface area contributed by atoms with Crippen LogP contribution in [0.2, 0.25) is 0 Å². The summed E-state index contributed by atoms with van der Waals surface area (Å²) in [7, 11) is 0. The average Bonchev–Trinajstić information content (AvgIpc) is 2.86. The maximum Gasteiger partial charge on any atom is 0.193 e. The summed E-state index contributed by atoms with van der Waals surface area (Å²) in [5.41, 5.74) is 10.4. The molecule has 0 unspecified atom stereocenters. The van der Waals surface area contributed by atoms with Crippen LogP contribution >= 0.6 is 35.3 Å². The van der Waals surface area contributed by atoms with Crippen LogP contribution in [0.3, 0.4) is 0 Å². The summed E-state index contributed by atoms with van der Waals surface area (Å²) in [6.45, 7) is 9.10. The van der Waals surface area contributed by atoms with Crippen molar-refractivity contribution in [3.8, 4) is 0 Å². The Morgan fingerprint density at radius 2 is 1.91 bits per heavy atom. The number of aromatic nitrogens is 1. The molecule has 1 aromatic carbocycles. The van der Waals surface area contributed by atoms with E-state index in [1.807, 2.05) is 0 Å². The number of aliphatic imine (C=N–C) groups is 1. The molecule has 0 atom stereocenters. The van der Waals surface area contributed by atoms with E-state index in [9.17, 15) is 0 Å². The monoisotopic (exact) mass is 444 g/mol. The van der Waals surface area contributed by atoms with E-state index in [4.69, 9.17) is 5.73 Å². The summed E-state index contributed by atoms with van der Waals surface area (Å²) >= 11 is 1.72. The Hall–Kier alpha value is -1.15. The molecule has 0 aliphatic heterocycles. The summed E-state index contributed by atoms with van der Waals surface area (Å²) < 4.78 is 0. The highest BCUT2D eigenvalue weighted by atomic mass is 127. The first-order valence-corrected chi connectivity index (χ1v) is 8.41. The van der Waals surface area contributed by atoms with Gasteiger partial charge in [0.15, 0.2) is 5.96 Å². The highest BCUT2D eigenvalue weighted by molar-refractivity contribution is 14.0. The van der Waals surface area contributed by atoms with Gasteiger partial charge in [-0.2, -0.15) is 0 Å². The third-order valence-corrected chi connectivity index (χ3v) is 4.40. The van der Waals surface area contributed by atoms with Crippen molar-refractivity contribution in [1.29, 1.82) is 0 Å². The highest BCUT2D eigenvalue weighted by Gasteiger charge is 2.05. The molecule has 0 fully saturated rings. The molecule has 126 valence electrons. The number of aryl methyl sites for hydroxylation is 2. The van der Waals surface area contributed by atoms with E-state index < -0.39 is 0 Å². The second-order valence-electron chi connectivity index (χ2n) is 5.85. The van der Waals surface area contributed by atoms with Gasteiger partial charge in [-0.3, -0.25) is 4.99 Å². The average molecular weight is 444 g/mol. The highest BCUT2D eigenvalue weighted by Crippen LogP contribution is 2.19. The van der Waals surface area contributed by atoms with Gasteiger partial charge in [-0.15, -0.1) is 35.3 Å². The molecule has 1 heterocycles. The van der Waals surface area contributed by atoms with Crippen LogP contribution in [0.15, 0.2) is 28.6 Å². The third-order valence-electron chi connectivity index (χ3n) is 3.21. The van der Waals surface area contributed by atoms with Crippen molar-refractivity contribution in [3.63, 3.8) is 0 Å². The zero-order valence-corrected chi connectivity index (χ0v) is 17.2. The van der Waals surface area contributed by atoms with Crippen molar-refractivity contribution in [3.05, 3.63) is 45.4 Å². The molecule has 0 saturated carbocycles. The van der Waals surface area contributed by atoms with Crippen LogP contribution in [-0.4, -0.2) is 17.5 Å². The van der Waals surface area contributed by atoms with Crippen molar-refractivity contribution in [2.24, 2.45) is 10.7 Å². The Labute approximate surface area is 159 Å². The van der Waals surface area contributed by atoms with Gasteiger partial charge in [-0.1, -0.05) is 19.9 Å². The van der Waals surface area contributed by atoms with E-state index in [-0.39, 0.29) is 24.0 Å². The van der Waals surface area contributed by atoms with Crippen LogP contribution < -0.4 is 11.1 Å². The number of nitrogens with zero attached hydrogens (tertiary/aromatic N) is 2. The van der Waals surface area contributed by atoms with Crippen molar-refractivity contribution < 1.29 is 0 Å². The molecule has 6 heteroatoms. The summed E-state index contributed by atoms with van der Waals surface area (Å²) in [4.78, 5) is 8.98. The normalized spacial score (nSPS) is 11.4. The number of thiazole rings is 1. The van der Waals surface area contributed by atoms with Crippen LogP contribution in [-0.2, 0) is 6.42 Å². The largest absolute Gasteiger partial charge is 0.370 e. The summed E-state index contributed by atoms with van der Waals surface area (Å²) in [5, 5.41) is 6.43. The van der Waals surface area contributed by atoms with Gasteiger partial charge in [-0.05, 0) is 37.1 Å². The molecular formula is C17H25IN4S. The Kier molecular flexibility index (Phi) is 7.98. The van der Waals surface area contributed by atoms with Gasteiger partial charge >= 0.3 is 0 Å². The molecule has 0 spiro atoms. The molecule has 2 rings (SSSR count). The number of hydrogen-bond donors (Lipinski definition) is 2. The fourth-order valence-corrected chi connectivity index (χ4v) is 3.10. The van der Waals surface area contributed by atoms with Gasteiger partial charge in [0.1, 0.15) is 0 Å². The summed E-state index contributed by atoms with van der Waals surface area (Å²) in [5.74, 6) is 0.933. The molecule has 3 N–H and O–H groups in total. The molecule has 0 aliphatic rings. The second kappa shape index (κ2) is 9.22. The first kappa shape index (κ1) is 19.9. The van der Waals surface area contributed by atoms with Crippen molar-refractivity contribution >= 4 is 47.0 Å². The molecule has 1 aromatic heterocycles. The van der Waals surface area contributed by atoms with Crippen molar-refractivity contribution in [1.82, 2.24) is 4.98 Å². The van der Waals surface area contributed by atoms with Gasteiger partial charge in [0.25, 0.3) is 0 Å². The van der Waals surface area contributed by atoms with E-state index in [2.05, 4.69) is 66.6 Å². The SMILES string of the molecule is Cc1cc(C)cc(NC(N)=NCCc2csc(C(C)C)n2)c1.I. The number of hydrogen-bond acceptors (Lipinski definition) is 3. The van der Waals surface area contributed by atoms with Gasteiger partial charge in [0.2, 0.25) is 0 Å². The number of nitrogens with two attached hydrogens (primary N) is 1. The zero-order valence-electron chi connectivity index (χ0n) is 14.1.